The van der Waals surface area contributed by atoms with E-state index in [1.54, 1.807) is 6.92 Å². The lowest BCUT2D eigenvalue weighted by Crippen LogP contribution is -2.32. The van der Waals surface area contributed by atoms with Crippen molar-refractivity contribution >= 4 is 5.82 Å². The van der Waals surface area contributed by atoms with Crippen LogP contribution in [0.2, 0.25) is 0 Å². The molecule has 5 rings (SSSR count). The average Bonchev–Trinajstić information content (AvgIpc) is 3.29. The van der Waals surface area contributed by atoms with Gasteiger partial charge in [-0.15, -0.1) is 10.2 Å². The molecule has 1 N–H and O–H groups in total. The minimum atomic E-state index is -4.69. The monoisotopic (exact) mass is 479 g/mol. The van der Waals surface area contributed by atoms with Crippen LogP contribution in [0.4, 0.5) is 23.4 Å². The van der Waals surface area contributed by atoms with Gasteiger partial charge in [-0.25, -0.2) is 4.39 Å². The van der Waals surface area contributed by atoms with Crippen molar-refractivity contribution in [2.75, 3.05) is 38.2 Å². The van der Waals surface area contributed by atoms with E-state index in [-0.39, 0.29) is 23.1 Å². The van der Waals surface area contributed by atoms with Crippen LogP contribution >= 0.6 is 0 Å². The maximum Gasteiger partial charge on any atom is 0.420 e. The lowest BCUT2D eigenvalue weighted by Gasteiger charge is -2.28. The third-order valence-electron chi connectivity index (χ3n) is 7.40. The molecule has 3 fully saturated rings. The van der Waals surface area contributed by atoms with Crippen LogP contribution in [0.15, 0.2) is 24.3 Å². The molecule has 1 saturated carbocycles. The Balaban J connectivity index is 1.30. The molecule has 0 bridgehead atoms. The van der Waals surface area contributed by atoms with E-state index in [2.05, 4.69) is 20.4 Å². The van der Waals surface area contributed by atoms with E-state index in [1.165, 1.54) is 12.1 Å². The number of rotatable bonds is 5. The quantitative estimate of drug-likeness (QED) is 0.601. The third-order valence-corrected chi connectivity index (χ3v) is 7.40. The number of nitrogens with one attached hydrogen (secondary N) is 1. The normalized spacial score (nSPS) is 28.7. The zero-order chi connectivity index (χ0) is 24.8. The number of nitrogens with zero attached hydrogens (tertiary/aromatic N) is 3. The number of hydrogen-bond acceptors (Lipinski definition) is 5. The van der Waals surface area contributed by atoms with E-state index in [0.717, 1.165) is 57.8 Å². The first kappa shape index (κ1) is 22.2. The summed E-state index contributed by atoms with van der Waals surface area (Å²) in [7, 11) is 0. The fourth-order valence-corrected chi connectivity index (χ4v) is 5.63. The highest BCUT2D eigenvalue weighted by Gasteiger charge is 2.43. The van der Waals surface area contributed by atoms with Crippen LogP contribution in [-0.4, -0.2) is 54.0 Å². The van der Waals surface area contributed by atoms with Crippen LogP contribution in [0.5, 0.6) is 0 Å². The second-order valence-corrected chi connectivity index (χ2v) is 9.88. The van der Waals surface area contributed by atoms with Gasteiger partial charge in [0, 0.05) is 44.4 Å². The van der Waals surface area contributed by atoms with E-state index in [1.807, 2.05) is 0 Å². The van der Waals surface area contributed by atoms with E-state index in [0.29, 0.717) is 24.3 Å². The highest BCUT2D eigenvalue weighted by atomic mass is 19.4. The Kier molecular flexibility index (Phi) is 6.15. The molecule has 0 radical (unpaired) electrons. The van der Waals surface area contributed by atoms with Gasteiger partial charge in [-0.2, -0.15) is 13.2 Å². The molecule has 2 aliphatic heterocycles. The lowest BCUT2D eigenvalue weighted by atomic mass is 10.00. The zero-order valence-electron chi connectivity index (χ0n) is 20.2. The number of halogens is 4. The van der Waals surface area contributed by atoms with Crippen molar-refractivity contribution in [1.29, 1.82) is 0 Å². The fraction of sp³-hybridized carbons (Fsp3) is 0.600. The summed E-state index contributed by atoms with van der Waals surface area (Å²) in [4.78, 5) is 2.45. The lowest BCUT2D eigenvalue weighted by molar-refractivity contribution is -0.137. The molecule has 1 aromatic carbocycles. The topological polar surface area (TPSA) is 50.3 Å². The van der Waals surface area contributed by atoms with Crippen molar-refractivity contribution in [2.24, 2.45) is 17.8 Å². The summed E-state index contributed by atoms with van der Waals surface area (Å²) in [6, 6.07) is 3.56. The van der Waals surface area contributed by atoms with Crippen LogP contribution in [0.25, 0.3) is 11.3 Å². The predicted molar refractivity (Wildman–Crippen MR) is 121 cm³/mol. The second kappa shape index (κ2) is 9.41. The standard InChI is InChI=1S/C25H30F4N4O/c1-15-2-3-19(26)10-21(15)23-11-22(25(27,28)29)24(32-31-23)30-20-8-17-13-33(14-18(17)9-20)12-16-4-6-34-7-5-16/h2-3,10-11,16-18,20H,4-9,12-14H2,1H3,(H,30,32)/i20D. The van der Waals surface area contributed by atoms with Crippen LogP contribution < -0.4 is 5.32 Å². The molecule has 9 heteroatoms. The SMILES string of the molecule is [2H]C1(Nc2nnc(-c3cc(F)ccc3C)cc2C(F)(F)F)CC2CN(CC3CCOCC3)CC2C1. The highest BCUT2D eigenvalue weighted by Crippen LogP contribution is 2.42. The van der Waals surface area contributed by atoms with Gasteiger partial charge in [0.25, 0.3) is 0 Å². The summed E-state index contributed by atoms with van der Waals surface area (Å²) in [5.41, 5.74) is -0.183. The van der Waals surface area contributed by atoms with E-state index >= 15 is 0 Å². The molecule has 0 spiro atoms. The number of anilines is 1. The maximum absolute atomic E-state index is 14.0. The van der Waals surface area contributed by atoms with Crippen LogP contribution in [0.1, 0.15) is 38.2 Å². The second-order valence-electron chi connectivity index (χ2n) is 9.88. The summed E-state index contributed by atoms with van der Waals surface area (Å²) in [5.74, 6) is 0.181. The first-order valence-electron chi connectivity index (χ1n) is 12.4. The van der Waals surface area contributed by atoms with Crippen molar-refractivity contribution in [3.8, 4) is 11.3 Å². The van der Waals surface area contributed by atoms with Crippen LogP contribution in [0.3, 0.4) is 0 Å². The van der Waals surface area contributed by atoms with Crippen molar-refractivity contribution in [2.45, 2.75) is 44.8 Å². The number of benzene rings is 1. The number of aromatic nitrogens is 2. The summed E-state index contributed by atoms with van der Waals surface area (Å²) >= 11 is 0. The molecular formula is C25H30F4N4O. The first-order chi connectivity index (χ1) is 16.6. The summed E-state index contributed by atoms with van der Waals surface area (Å²) in [5, 5.41) is 10.6. The molecule has 2 atom stereocenters. The number of hydrogen-bond donors (Lipinski definition) is 1. The van der Waals surface area contributed by atoms with Gasteiger partial charge in [-0.1, -0.05) is 6.07 Å². The van der Waals surface area contributed by atoms with Gasteiger partial charge in [0.2, 0.25) is 0 Å². The van der Waals surface area contributed by atoms with E-state index < -0.39 is 29.4 Å². The molecule has 2 unspecified atom stereocenters. The van der Waals surface area contributed by atoms with Gasteiger partial charge in [-0.05, 0) is 74.1 Å². The number of fused-ring (bicyclic) bond motifs is 1. The number of likely N-dealkylation sites (tertiary alicyclic amines) is 1. The Bertz CT molecular complexity index is 1060. The molecule has 1 aliphatic carbocycles. The van der Waals surface area contributed by atoms with Gasteiger partial charge in [0.15, 0.2) is 5.82 Å². The van der Waals surface area contributed by atoms with Crippen molar-refractivity contribution < 1.29 is 23.7 Å². The zero-order valence-corrected chi connectivity index (χ0v) is 19.2. The van der Waals surface area contributed by atoms with Gasteiger partial charge in [0.1, 0.15) is 11.4 Å². The van der Waals surface area contributed by atoms with Gasteiger partial charge in [-0.3, -0.25) is 0 Å². The summed E-state index contributed by atoms with van der Waals surface area (Å²) in [6.07, 6.45) is -1.63. The highest BCUT2D eigenvalue weighted by molar-refractivity contribution is 5.65. The molecule has 0 amide bonds. The Hall–Kier alpha value is -2.26. The minimum Gasteiger partial charge on any atom is -0.381 e. The van der Waals surface area contributed by atoms with Crippen LogP contribution in [-0.2, 0) is 10.9 Å². The number of alkyl halides is 3. The molecule has 5 nitrogen and oxygen atoms in total. The Morgan fingerprint density at radius 3 is 2.50 bits per heavy atom. The predicted octanol–water partition coefficient (Wildman–Crippen LogP) is 5.16. The number of aryl methyl sites for hydroxylation is 1. The Labute approximate surface area is 198 Å². The fourth-order valence-electron chi connectivity index (χ4n) is 5.63. The van der Waals surface area contributed by atoms with Crippen molar-refractivity contribution in [1.82, 2.24) is 15.1 Å². The molecule has 3 aliphatic rings. The molecule has 1 aromatic heterocycles. The molecule has 2 saturated heterocycles. The summed E-state index contributed by atoms with van der Waals surface area (Å²) in [6.45, 7) is 6.08. The van der Waals surface area contributed by atoms with E-state index in [9.17, 15) is 17.6 Å². The average molecular weight is 480 g/mol. The van der Waals surface area contributed by atoms with Crippen molar-refractivity contribution in [3.05, 3.63) is 41.2 Å². The molecular weight excluding hydrogens is 448 g/mol. The molecule has 34 heavy (non-hydrogen) atoms. The summed E-state index contributed by atoms with van der Waals surface area (Å²) < 4.78 is 70.0. The Morgan fingerprint density at radius 2 is 1.82 bits per heavy atom. The first-order valence-corrected chi connectivity index (χ1v) is 11.9. The largest absolute Gasteiger partial charge is 0.420 e. The smallest absolute Gasteiger partial charge is 0.381 e. The van der Waals surface area contributed by atoms with Gasteiger partial charge < -0.3 is 15.0 Å². The van der Waals surface area contributed by atoms with Gasteiger partial charge in [0.05, 0.1) is 7.06 Å². The maximum atomic E-state index is 14.0. The Morgan fingerprint density at radius 1 is 1.12 bits per heavy atom. The van der Waals surface area contributed by atoms with E-state index in [4.69, 9.17) is 6.11 Å². The van der Waals surface area contributed by atoms with Gasteiger partial charge >= 0.3 is 6.18 Å². The number of ether oxygens (including phenoxy) is 1. The van der Waals surface area contributed by atoms with Crippen LogP contribution in [0, 0.1) is 30.5 Å². The third kappa shape index (κ3) is 5.05. The minimum absolute atomic E-state index is 0.0500. The molecule has 184 valence electrons. The molecule has 2 aromatic rings. The molecule has 3 heterocycles. The van der Waals surface area contributed by atoms with Crippen molar-refractivity contribution in [3.63, 3.8) is 0 Å².